The molecule has 2 aromatic rings. The van der Waals surface area contributed by atoms with Crippen LogP contribution in [0.3, 0.4) is 0 Å². The molecular weight excluding hydrogens is 359 g/mol. The summed E-state index contributed by atoms with van der Waals surface area (Å²) in [6, 6.07) is 12.6. The van der Waals surface area contributed by atoms with Gasteiger partial charge in [0.1, 0.15) is 12.4 Å². The van der Waals surface area contributed by atoms with Crippen LogP contribution in [0.25, 0.3) is 0 Å². The first kappa shape index (κ1) is 21.3. The highest BCUT2D eigenvalue weighted by Gasteiger charge is 2.17. The second-order valence-corrected chi connectivity index (χ2v) is 6.59. The van der Waals surface area contributed by atoms with Crippen molar-refractivity contribution in [3.05, 3.63) is 58.6 Å². The van der Waals surface area contributed by atoms with Crippen molar-refractivity contribution in [1.82, 2.24) is 0 Å². The normalized spacial score (nSPS) is 11.6. The number of hydrogen-bond acceptors (Lipinski definition) is 3. The molecule has 0 aliphatic carbocycles. The zero-order valence-electron chi connectivity index (χ0n) is 14.6. The van der Waals surface area contributed by atoms with Gasteiger partial charge in [0.2, 0.25) is 5.91 Å². The molecule has 0 bridgehead atoms. The molecule has 0 radical (unpaired) electrons. The molecule has 0 heterocycles. The monoisotopic (exact) mass is 382 g/mol. The van der Waals surface area contributed by atoms with Crippen LogP contribution >= 0.6 is 24.0 Å². The third kappa shape index (κ3) is 6.24. The second-order valence-electron chi connectivity index (χ2n) is 6.15. The average Bonchev–Trinajstić information content (AvgIpc) is 2.54. The number of carbonyl (C=O) groups is 1. The van der Waals surface area contributed by atoms with Crippen LogP contribution < -0.4 is 15.8 Å². The minimum absolute atomic E-state index is 0. The highest BCUT2D eigenvalue weighted by molar-refractivity contribution is 6.30. The lowest BCUT2D eigenvalue weighted by Gasteiger charge is -2.17. The molecule has 0 fully saturated rings. The molecule has 0 saturated heterocycles. The van der Waals surface area contributed by atoms with E-state index in [-0.39, 0.29) is 24.2 Å². The zero-order valence-corrected chi connectivity index (χ0v) is 16.2. The number of rotatable bonds is 6. The fourth-order valence-corrected chi connectivity index (χ4v) is 2.39. The summed E-state index contributed by atoms with van der Waals surface area (Å²) in [5.41, 5.74) is 8.53. The van der Waals surface area contributed by atoms with Gasteiger partial charge in [-0.3, -0.25) is 4.79 Å². The molecular formula is C19H24Cl2N2O2. The lowest BCUT2D eigenvalue weighted by Crippen LogP contribution is -2.39. The van der Waals surface area contributed by atoms with E-state index in [9.17, 15) is 4.79 Å². The molecule has 2 rings (SSSR count). The van der Waals surface area contributed by atoms with E-state index in [4.69, 9.17) is 22.1 Å². The molecule has 3 N–H and O–H groups in total. The third-order valence-corrected chi connectivity index (χ3v) is 4.01. The Morgan fingerprint density at radius 2 is 1.96 bits per heavy atom. The van der Waals surface area contributed by atoms with E-state index >= 15 is 0 Å². The van der Waals surface area contributed by atoms with E-state index in [0.29, 0.717) is 11.6 Å². The van der Waals surface area contributed by atoms with Crippen LogP contribution in [0.1, 0.15) is 25.0 Å². The standard InChI is InChI=1S/C19H23ClN2O2.ClH/c1-12(2)18(21)19(23)22-17-8-7-16(9-13(17)3)24-11-14-5-4-6-15(20)10-14;/h4-10,12,18H,11,21H2,1-3H3,(H,22,23);1H/t18-;/m0./s1. The van der Waals surface area contributed by atoms with Gasteiger partial charge in [-0.05, 0) is 54.3 Å². The third-order valence-electron chi connectivity index (χ3n) is 3.77. The summed E-state index contributed by atoms with van der Waals surface area (Å²) in [5, 5.41) is 3.55. The molecule has 25 heavy (non-hydrogen) atoms. The number of benzene rings is 2. The SMILES string of the molecule is Cc1cc(OCc2cccc(Cl)c2)ccc1NC(=O)[C@@H](N)C(C)C.Cl. The lowest BCUT2D eigenvalue weighted by molar-refractivity contribution is -0.118. The van der Waals surface area contributed by atoms with Gasteiger partial charge >= 0.3 is 0 Å². The molecule has 0 unspecified atom stereocenters. The van der Waals surface area contributed by atoms with Gasteiger partial charge in [0.15, 0.2) is 0 Å². The second kappa shape index (κ2) is 9.66. The van der Waals surface area contributed by atoms with Gasteiger partial charge in [-0.25, -0.2) is 0 Å². The molecule has 4 nitrogen and oxygen atoms in total. The minimum Gasteiger partial charge on any atom is -0.489 e. The summed E-state index contributed by atoms with van der Waals surface area (Å²) in [7, 11) is 0. The van der Waals surface area contributed by atoms with Crippen molar-refractivity contribution in [3.63, 3.8) is 0 Å². The van der Waals surface area contributed by atoms with E-state index in [1.807, 2.05) is 63.2 Å². The molecule has 0 aliphatic heterocycles. The van der Waals surface area contributed by atoms with Crippen molar-refractivity contribution in [2.75, 3.05) is 5.32 Å². The maximum atomic E-state index is 12.1. The van der Waals surface area contributed by atoms with Crippen molar-refractivity contribution in [3.8, 4) is 5.75 Å². The quantitative estimate of drug-likeness (QED) is 0.768. The summed E-state index contributed by atoms with van der Waals surface area (Å²) in [6.45, 7) is 6.19. The van der Waals surface area contributed by atoms with E-state index in [1.165, 1.54) is 0 Å². The molecule has 6 heteroatoms. The molecule has 1 atom stereocenters. The Morgan fingerprint density at radius 1 is 1.24 bits per heavy atom. The number of halogens is 2. The van der Waals surface area contributed by atoms with Gasteiger partial charge in [0.05, 0.1) is 6.04 Å². The Kier molecular flexibility index (Phi) is 8.23. The van der Waals surface area contributed by atoms with E-state index in [2.05, 4.69) is 5.32 Å². The van der Waals surface area contributed by atoms with Crippen LogP contribution in [0, 0.1) is 12.8 Å². The van der Waals surface area contributed by atoms with E-state index in [1.54, 1.807) is 0 Å². The number of hydrogen-bond donors (Lipinski definition) is 2. The number of nitrogens with one attached hydrogen (secondary N) is 1. The van der Waals surface area contributed by atoms with Gasteiger partial charge in [-0.1, -0.05) is 37.6 Å². The average molecular weight is 383 g/mol. The Bertz CT molecular complexity index is 720. The minimum atomic E-state index is -0.525. The Labute approximate surface area is 160 Å². The fourth-order valence-electron chi connectivity index (χ4n) is 2.18. The van der Waals surface area contributed by atoms with Gasteiger partial charge in [0.25, 0.3) is 0 Å². The van der Waals surface area contributed by atoms with Crippen LogP contribution in [-0.4, -0.2) is 11.9 Å². The number of nitrogens with two attached hydrogens (primary N) is 1. The smallest absolute Gasteiger partial charge is 0.241 e. The van der Waals surface area contributed by atoms with Crippen molar-refractivity contribution >= 4 is 35.6 Å². The van der Waals surface area contributed by atoms with Crippen LogP contribution in [0.5, 0.6) is 5.75 Å². The first-order chi connectivity index (χ1) is 11.4. The van der Waals surface area contributed by atoms with Gasteiger partial charge in [-0.2, -0.15) is 0 Å². The number of ether oxygens (including phenoxy) is 1. The van der Waals surface area contributed by atoms with Gasteiger partial charge in [-0.15, -0.1) is 12.4 Å². The summed E-state index contributed by atoms with van der Waals surface area (Å²) in [6.07, 6.45) is 0. The molecule has 136 valence electrons. The Balaban J connectivity index is 0.00000312. The summed E-state index contributed by atoms with van der Waals surface area (Å²) in [4.78, 5) is 12.1. The summed E-state index contributed by atoms with van der Waals surface area (Å²) in [5.74, 6) is 0.643. The number of amides is 1. The molecule has 1 amide bonds. The summed E-state index contributed by atoms with van der Waals surface area (Å²) < 4.78 is 5.78. The maximum absolute atomic E-state index is 12.1. The van der Waals surface area contributed by atoms with Crippen LogP contribution in [0.15, 0.2) is 42.5 Å². The molecule has 0 spiro atoms. The highest BCUT2D eigenvalue weighted by Crippen LogP contribution is 2.23. The van der Waals surface area contributed by atoms with E-state index in [0.717, 1.165) is 22.6 Å². The fraction of sp³-hybridized carbons (Fsp3) is 0.316. The number of anilines is 1. The van der Waals surface area contributed by atoms with Crippen molar-refractivity contribution < 1.29 is 9.53 Å². The topological polar surface area (TPSA) is 64.3 Å². The lowest BCUT2D eigenvalue weighted by atomic mass is 10.0. The predicted molar refractivity (Wildman–Crippen MR) is 106 cm³/mol. The first-order valence-electron chi connectivity index (χ1n) is 7.91. The van der Waals surface area contributed by atoms with Crippen LogP contribution in [0.4, 0.5) is 5.69 Å². The number of carbonyl (C=O) groups excluding carboxylic acids is 1. The molecule has 0 aromatic heterocycles. The zero-order chi connectivity index (χ0) is 17.7. The Morgan fingerprint density at radius 3 is 2.56 bits per heavy atom. The van der Waals surface area contributed by atoms with Crippen LogP contribution in [0.2, 0.25) is 5.02 Å². The van der Waals surface area contributed by atoms with Crippen molar-refractivity contribution in [2.24, 2.45) is 11.7 Å². The predicted octanol–water partition coefficient (Wildman–Crippen LogP) is 4.57. The summed E-state index contributed by atoms with van der Waals surface area (Å²) >= 11 is 5.96. The molecule has 2 aromatic carbocycles. The Hall–Kier alpha value is -1.75. The molecule has 0 saturated carbocycles. The van der Waals surface area contributed by atoms with Gasteiger partial charge < -0.3 is 15.8 Å². The van der Waals surface area contributed by atoms with E-state index < -0.39 is 6.04 Å². The van der Waals surface area contributed by atoms with Gasteiger partial charge in [0, 0.05) is 10.7 Å². The molecule has 0 aliphatic rings. The number of aryl methyl sites for hydroxylation is 1. The highest BCUT2D eigenvalue weighted by atomic mass is 35.5. The van der Waals surface area contributed by atoms with Crippen molar-refractivity contribution in [2.45, 2.75) is 33.4 Å². The first-order valence-corrected chi connectivity index (χ1v) is 8.29. The van der Waals surface area contributed by atoms with Crippen LogP contribution in [-0.2, 0) is 11.4 Å². The van der Waals surface area contributed by atoms with Crippen molar-refractivity contribution in [1.29, 1.82) is 0 Å². The largest absolute Gasteiger partial charge is 0.489 e. The maximum Gasteiger partial charge on any atom is 0.241 e.